The molecule has 0 heterocycles. The van der Waals surface area contributed by atoms with Gasteiger partial charge in [-0.05, 0) is 42.5 Å². The van der Waals surface area contributed by atoms with Crippen LogP contribution in [0.4, 0.5) is 4.39 Å². The number of hydrogen-bond donors (Lipinski definition) is 2. The van der Waals surface area contributed by atoms with Gasteiger partial charge in [-0.3, -0.25) is 0 Å². The molecule has 0 amide bonds. The highest BCUT2D eigenvalue weighted by molar-refractivity contribution is 7.87. The molecule has 27 heavy (non-hydrogen) atoms. The minimum absolute atomic E-state index is 0.114. The quantitative estimate of drug-likeness (QED) is 0.643. The average Bonchev–Trinajstić information content (AvgIpc) is 2.61. The summed E-state index contributed by atoms with van der Waals surface area (Å²) < 4.78 is 43.2. The lowest BCUT2D eigenvalue weighted by molar-refractivity contribution is 0.0695. The lowest BCUT2D eigenvalue weighted by atomic mass is 9.99. The summed E-state index contributed by atoms with van der Waals surface area (Å²) in [5, 5.41) is 18.3. The second-order valence-electron chi connectivity index (χ2n) is 5.44. The van der Waals surface area contributed by atoms with Crippen molar-refractivity contribution in [2.45, 2.75) is 4.90 Å². The average molecular weight is 390 g/mol. The van der Waals surface area contributed by atoms with Crippen LogP contribution in [0.25, 0.3) is 10.8 Å². The van der Waals surface area contributed by atoms with Gasteiger partial charge < -0.3 is 14.4 Å². The first kappa shape index (κ1) is 18.3. The van der Waals surface area contributed by atoms with Gasteiger partial charge in [0.2, 0.25) is 0 Å². The molecule has 0 saturated carbocycles. The van der Waals surface area contributed by atoms with Crippen molar-refractivity contribution in [2.75, 3.05) is 0 Å². The van der Waals surface area contributed by atoms with E-state index in [1.54, 1.807) is 0 Å². The highest BCUT2D eigenvalue weighted by atomic mass is 32.2. The molecule has 0 atom stereocenters. The third-order valence-electron chi connectivity index (χ3n) is 3.75. The number of fused-ring (bicyclic) bond motifs is 1. The molecule has 0 bridgehead atoms. The minimum Gasteiger partial charge on any atom is -0.478 e. The van der Waals surface area contributed by atoms with Crippen LogP contribution in [0.15, 0.2) is 59.5 Å². The van der Waals surface area contributed by atoms with Crippen molar-refractivity contribution < 1.29 is 36.8 Å². The van der Waals surface area contributed by atoms with Crippen LogP contribution in [0, 0.1) is 5.82 Å². The van der Waals surface area contributed by atoms with Gasteiger partial charge in [-0.2, -0.15) is 8.42 Å². The van der Waals surface area contributed by atoms with Crippen molar-refractivity contribution >= 4 is 32.8 Å². The molecule has 0 aliphatic rings. The molecule has 2 N–H and O–H groups in total. The van der Waals surface area contributed by atoms with Gasteiger partial charge in [-0.25, -0.2) is 14.0 Å². The molecule has 3 aromatic carbocycles. The van der Waals surface area contributed by atoms with Crippen LogP contribution in [0.1, 0.15) is 20.7 Å². The number of halogens is 1. The van der Waals surface area contributed by atoms with Crippen molar-refractivity contribution in [1.82, 2.24) is 0 Å². The molecule has 138 valence electrons. The SMILES string of the molecule is O=C(O)c1cccc2c(S(=O)(=O)Oc3ccc(F)cc3)ccc(C(=O)O)c12. The van der Waals surface area contributed by atoms with Gasteiger partial charge >= 0.3 is 22.1 Å². The second kappa shape index (κ2) is 6.69. The van der Waals surface area contributed by atoms with E-state index in [9.17, 15) is 32.6 Å². The zero-order chi connectivity index (χ0) is 19.8. The van der Waals surface area contributed by atoms with Crippen LogP contribution in [0.2, 0.25) is 0 Å². The molecule has 0 aromatic heterocycles. The summed E-state index contributed by atoms with van der Waals surface area (Å²) in [7, 11) is -4.45. The standard InChI is InChI=1S/C18H11FO7S/c19-10-4-6-11(7-5-10)26-27(24,25)15-9-8-14(18(22)23)16-12(15)2-1-3-13(16)17(20)21/h1-9H,(H,20,21)(H,22,23). The fourth-order valence-electron chi connectivity index (χ4n) is 2.62. The Morgan fingerprint density at radius 3 is 2.04 bits per heavy atom. The molecule has 7 nitrogen and oxygen atoms in total. The second-order valence-corrected chi connectivity index (χ2v) is 6.96. The van der Waals surface area contributed by atoms with Crippen molar-refractivity contribution in [3.63, 3.8) is 0 Å². The van der Waals surface area contributed by atoms with Crippen molar-refractivity contribution in [2.24, 2.45) is 0 Å². The molecule has 0 radical (unpaired) electrons. The Balaban J connectivity index is 2.24. The van der Waals surface area contributed by atoms with E-state index in [4.69, 9.17) is 4.18 Å². The first-order valence-electron chi connectivity index (χ1n) is 7.43. The van der Waals surface area contributed by atoms with Crippen LogP contribution in [-0.2, 0) is 10.1 Å². The molecular formula is C18H11FO7S. The molecule has 0 spiro atoms. The van der Waals surface area contributed by atoms with Gasteiger partial charge in [0.25, 0.3) is 0 Å². The Hall–Kier alpha value is -3.46. The Kier molecular flexibility index (Phi) is 4.54. The molecule has 0 aliphatic heterocycles. The summed E-state index contributed by atoms with van der Waals surface area (Å²) >= 11 is 0. The maximum absolute atomic E-state index is 13.0. The van der Waals surface area contributed by atoms with Crippen molar-refractivity contribution in [3.05, 3.63) is 71.5 Å². The summed E-state index contributed by atoms with van der Waals surface area (Å²) in [4.78, 5) is 22.5. The zero-order valence-corrected chi connectivity index (χ0v) is 14.2. The third kappa shape index (κ3) is 3.44. The lowest BCUT2D eigenvalue weighted by Gasteiger charge is -2.12. The monoisotopic (exact) mass is 390 g/mol. The molecular weight excluding hydrogens is 379 g/mol. The summed E-state index contributed by atoms with van der Waals surface area (Å²) in [6, 6.07) is 10.0. The van der Waals surface area contributed by atoms with E-state index in [1.165, 1.54) is 18.2 Å². The maximum Gasteiger partial charge on any atom is 0.339 e. The predicted molar refractivity (Wildman–Crippen MR) is 92.1 cm³/mol. The Morgan fingerprint density at radius 2 is 1.44 bits per heavy atom. The minimum atomic E-state index is -4.45. The van der Waals surface area contributed by atoms with E-state index in [1.807, 2.05) is 0 Å². The first-order valence-corrected chi connectivity index (χ1v) is 8.84. The molecule has 0 unspecified atom stereocenters. The van der Waals surface area contributed by atoms with Gasteiger partial charge in [0.15, 0.2) is 0 Å². The number of benzene rings is 3. The van der Waals surface area contributed by atoms with Crippen LogP contribution in [0.5, 0.6) is 5.75 Å². The van der Waals surface area contributed by atoms with Gasteiger partial charge in [0.1, 0.15) is 16.5 Å². The molecule has 3 rings (SSSR count). The van der Waals surface area contributed by atoms with Gasteiger partial charge in [0, 0.05) is 10.8 Å². The lowest BCUT2D eigenvalue weighted by Crippen LogP contribution is -2.12. The summed E-state index contributed by atoms with van der Waals surface area (Å²) in [6.07, 6.45) is 0. The molecule has 3 aromatic rings. The number of carboxylic acids is 2. The van der Waals surface area contributed by atoms with Crippen LogP contribution in [-0.4, -0.2) is 30.6 Å². The number of carbonyl (C=O) groups is 2. The number of hydrogen-bond acceptors (Lipinski definition) is 5. The molecule has 0 aliphatic carbocycles. The Labute approximate surface area is 152 Å². The maximum atomic E-state index is 13.0. The number of aromatic carboxylic acids is 2. The van der Waals surface area contributed by atoms with E-state index in [0.717, 1.165) is 36.4 Å². The fraction of sp³-hybridized carbons (Fsp3) is 0. The highest BCUT2D eigenvalue weighted by Crippen LogP contribution is 2.31. The topological polar surface area (TPSA) is 118 Å². The van der Waals surface area contributed by atoms with E-state index in [0.29, 0.717) is 0 Å². The van der Waals surface area contributed by atoms with E-state index in [-0.39, 0.29) is 27.6 Å². The van der Waals surface area contributed by atoms with Crippen LogP contribution in [0.3, 0.4) is 0 Å². The largest absolute Gasteiger partial charge is 0.478 e. The Morgan fingerprint density at radius 1 is 0.852 bits per heavy atom. The first-order chi connectivity index (χ1) is 12.7. The van der Waals surface area contributed by atoms with E-state index < -0.39 is 32.8 Å². The fourth-order valence-corrected chi connectivity index (χ4v) is 3.74. The van der Waals surface area contributed by atoms with Gasteiger partial charge in [-0.15, -0.1) is 0 Å². The van der Waals surface area contributed by atoms with Gasteiger partial charge in [-0.1, -0.05) is 12.1 Å². The van der Waals surface area contributed by atoms with Crippen LogP contribution < -0.4 is 4.18 Å². The molecule has 9 heteroatoms. The normalized spacial score (nSPS) is 11.3. The van der Waals surface area contributed by atoms with Crippen LogP contribution >= 0.6 is 0 Å². The van der Waals surface area contributed by atoms with E-state index in [2.05, 4.69) is 0 Å². The predicted octanol–water partition coefficient (Wildman–Crippen LogP) is 3.14. The number of carboxylic acid groups (broad SMARTS) is 2. The Bertz CT molecular complexity index is 1150. The number of rotatable bonds is 5. The van der Waals surface area contributed by atoms with Crippen molar-refractivity contribution in [1.29, 1.82) is 0 Å². The summed E-state index contributed by atoms with van der Waals surface area (Å²) in [5.74, 6) is -3.54. The zero-order valence-electron chi connectivity index (χ0n) is 13.4. The molecule has 0 saturated heterocycles. The highest BCUT2D eigenvalue weighted by Gasteiger charge is 2.25. The van der Waals surface area contributed by atoms with Crippen molar-refractivity contribution in [3.8, 4) is 5.75 Å². The third-order valence-corrected chi connectivity index (χ3v) is 5.06. The summed E-state index contributed by atoms with van der Waals surface area (Å²) in [5.41, 5.74) is -0.715. The van der Waals surface area contributed by atoms with Gasteiger partial charge in [0.05, 0.1) is 11.1 Å². The smallest absolute Gasteiger partial charge is 0.339 e. The molecule has 0 fully saturated rings. The summed E-state index contributed by atoms with van der Waals surface area (Å²) in [6.45, 7) is 0. The van der Waals surface area contributed by atoms with E-state index >= 15 is 0 Å².